The van der Waals surface area contributed by atoms with Gasteiger partial charge in [-0.1, -0.05) is 41.4 Å². The van der Waals surface area contributed by atoms with Gasteiger partial charge in [-0.05, 0) is 36.9 Å². The molecule has 0 bridgehead atoms. The van der Waals surface area contributed by atoms with Crippen molar-refractivity contribution in [3.8, 4) is 0 Å². The highest BCUT2D eigenvalue weighted by Crippen LogP contribution is 2.32. The predicted molar refractivity (Wildman–Crippen MR) is 92.9 cm³/mol. The fourth-order valence-electron chi connectivity index (χ4n) is 2.62. The summed E-state index contributed by atoms with van der Waals surface area (Å²) in [5.41, 5.74) is 7.22. The lowest BCUT2D eigenvalue weighted by molar-refractivity contribution is 0.248. The quantitative estimate of drug-likeness (QED) is 0.833. The monoisotopic (exact) mass is 372 g/mol. The third-order valence-corrected chi connectivity index (χ3v) is 4.92. The predicted octanol–water partition coefficient (Wildman–Crippen LogP) is 3.12. The highest BCUT2D eigenvalue weighted by Gasteiger charge is 2.29. The Kier molecular flexibility index (Phi) is 5.90. The van der Waals surface area contributed by atoms with Crippen molar-refractivity contribution < 1.29 is 0 Å². The maximum absolute atomic E-state index is 6.14. The molecule has 1 atom stereocenters. The molecular formula is C15H22BrClN4. The third kappa shape index (κ3) is 3.90. The summed E-state index contributed by atoms with van der Waals surface area (Å²) in [6.07, 6.45) is 0. The van der Waals surface area contributed by atoms with Gasteiger partial charge in [-0.15, -0.1) is 0 Å². The molecule has 1 aromatic carbocycles. The van der Waals surface area contributed by atoms with Crippen LogP contribution in [0.15, 0.2) is 27.7 Å². The molecule has 1 aliphatic heterocycles. The molecule has 0 aromatic heterocycles. The van der Waals surface area contributed by atoms with E-state index >= 15 is 0 Å². The van der Waals surface area contributed by atoms with Crippen molar-refractivity contribution in [3.05, 3.63) is 33.3 Å². The zero-order chi connectivity index (χ0) is 15.4. The van der Waals surface area contributed by atoms with Gasteiger partial charge in [0, 0.05) is 22.6 Å². The normalized spacial score (nSPS) is 18.4. The van der Waals surface area contributed by atoms with Gasteiger partial charge in [0.25, 0.3) is 0 Å². The molecule has 21 heavy (non-hydrogen) atoms. The molecule has 2 rings (SSSR count). The van der Waals surface area contributed by atoms with E-state index in [4.69, 9.17) is 17.3 Å². The van der Waals surface area contributed by atoms with E-state index in [1.165, 1.54) is 0 Å². The van der Waals surface area contributed by atoms with Crippen LogP contribution in [0.5, 0.6) is 0 Å². The second-order valence-corrected chi connectivity index (χ2v) is 6.39. The van der Waals surface area contributed by atoms with Crippen LogP contribution in [0, 0.1) is 0 Å². The van der Waals surface area contributed by atoms with Crippen LogP contribution in [0.4, 0.5) is 0 Å². The topological polar surface area (TPSA) is 44.9 Å². The van der Waals surface area contributed by atoms with Gasteiger partial charge in [-0.2, -0.15) is 0 Å². The van der Waals surface area contributed by atoms with Gasteiger partial charge >= 0.3 is 0 Å². The Morgan fingerprint density at radius 1 is 1.43 bits per heavy atom. The summed E-state index contributed by atoms with van der Waals surface area (Å²) in [6, 6.07) is 6.02. The average molecular weight is 374 g/mol. The fourth-order valence-corrected chi connectivity index (χ4v) is 3.32. The van der Waals surface area contributed by atoms with Crippen LogP contribution in [0.2, 0.25) is 5.02 Å². The SMILES string of the molecule is CCN(CC)CCN1C(N)=NCC1c1cc(Cl)ccc1Br. The van der Waals surface area contributed by atoms with E-state index in [-0.39, 0.29) is 6.04 Å². The standard InChI is InChI=1S/C15H22BrClN4/c1-3-20(4-2)7-8-21-14(10-19-15(21)18)12-9-11(17)5-6-13(12)16/h5-6,9,14H,3-4,7-8,10H2,1-2H3,(H2,18,19). The minimum absolute atomic E-state index is 0.161. The minimum atomic E-state index is 0.161. The van der Waals surface area contributed by atoms with E-state index in [0.29, 0.717) is 12.5 Å². The van der Waals surface area contributed by atoms with Crippen molar-refractivity contribution in [2.24, 2.45) is 10.7 Å². The molecular weight excluding hydrogens is 352 g/mol. The van der Waals surface area contributed by atoms with Crippen LogP contribution >= 0.6 is 27.5 Å². The smallest absolute Gasteiger partial charge is 0.191 e. The van der Waals surface area contributed by atoms with Crippen molar-refractivity contribution in [2.45, 2.75) is 19.9 Å². The summed E-state index contributed by atoms with van der Waals surface area (Å²) >= 11 is 9.74. The lowest BCUT2D eigenvalue weighted by atomic mass is 10.1. The number of nitrogens with zero attached hydrogens (tertiary/aromatic N) is 3. The molecule has 0 radical (unpaired) electrons. The zero-order valence-electron chi connectivity index (χ0n) is 12.5. The lowest BCUT2D eigenvalue weighted by Gasteiger charge is -2.30. The number of halogens is 2. The summed E-state index contributed by atoms with van der Waals surface area (Å²) in [5.74, 6) is 0.624. The van der Waals surface area contributed by atoms with Crippen LogP contribution in [-0.4, -0.2) is 48.5 Å². The molecule has 0 spiro atoms. The Bertz CT molecular complexity index is 516. The van der Waals surface area contributed by atoms with E-state index in [2.05, 4.69) is 44.6 Å². The molecule has 2 N–H and O–H groups in total. The van der Waals surface area contributed by atoms with Gasteiger partial charge in [0.05, 0.1) is 12.6 Å². The van der Waals surface area contributed by atoms with E-state index in [9.17, 15) is 0 Å². The second kappa shape index (κ2) is 7.47. The number of likely N-dealkylation sites (N-methyl/N-ethyl adjacent to an activating group) is 1. The van der Waals surface area contributed by atoms with E-state index < -0.39 is 0 Å². The van der Waals surface area contributed by atoms with E-state index in [1.807, 2.05) is 18.2 Å². The molecule has 4 nitrogen and oxygen atoms in total. The first kappa shape index (κ1) is 16.6. The van der Waals surface area contributed by atoms with Crippen molar-refractivity contribution in [2.75, 3.05) is 32.7 Å². The molecule has 0 fully saturated rings. The summed E-state index contributed by atoms with van der Waals surface area (Å²) in [7, 11) is 0. The molecule has 1 aliphatic rings. The maximum Gasteiger partial charge on any atom is 0.191 e. The first-order valence-corrected chi connectivity index (χ1v) is 8.47. The summed E-state index contributed by atoms with van der Waals surface area (Å²) < 4.78 is 1.05. The zero-order valence-corrected chi connectivity index (χ0v) is 14.9. The number of benzene rings is 1. The van der Waals surface area contributed by atoms with Gasteiger partial charge in [-0.25, -0.2) is 0 Å². The van der Waals surface area contributed by atoms with Crippen LogP contribution in [0.25, 0.3) is 0 Å². The van der Waals surface area contributed by atoms with Crippen LogP contribution in [0.1, 0.15) is 25.5 Å². The first-order valence-electron chi connectivity index (χ1n) is 7.30. The summed E-state index contributed by atoms with van der Waals surface area (Å²) in [6.45, 7) is 8.99. The van der Waals surface area contributed by atoms with Gasteiger partial charge in [0.15, 0.2) is 5.96 Å². The Hall–Kier alpha value is -0.780. The Morgan fingerprint density at radius 2 is 2.14 bits per heavy atom. The molecule has 0 amide bonds. The molecule has 1 aromatic rings. The van der Waals surface area contributed by atoms with Crippen molar-refractivity contribution >= 4 is 33.5 Å². The molecule has 116 valence electrons. The largest absolute Gasteiger partial charge is 0.370 e. The second-order valence-electron chi connectivity index (χ2n) is 5.10. The number of aliphatic imine (C=N–C) groups is 1. The van der Waals surface area contributed by atoms with Gasteiger partial charge in [0.1, 0.15) is 0 Å². The van der Waals surface area contributed by atoms with Gasteiger partial charge in [-0.3, -0.25) is 4.99 Å². The van der Waals surface area contributed by atoms with Gasteiger partial charge < -0.3 is 15.5 Å². The number of rotatable bonds is 6. The number of hydrogen-bond acceptors (Lipinski definition) is 4. The number of hydrogen-bond donors (Lipinski definition) is 1. The Balaban J connectivity index is 2.14. The van der Waals surface area contributed by atoms with E-state index in [0.717, 1.165) is 41.2 Å². The van der Waals surface area contributed by atoms with Crippen molar-refractivity contribution in [3.63, 3.8) is 0 Å². The molecule has 0 saturated heterocycles. The lowest BCUT2D eigenvalue weighted by Crippen LogP contribution is -2.41. The fraction of sp³-hybridized carbons (Fsp3) is 0.533. The van der Waals surface area contributed by atoms with Crippen LogP contribution in [0.3, 0.4) is 0 Å². The van der Waals surface area contributed by atoms with Crippen LogP contribution < -0.4 is 5.73 Å². The summed E-state index contributed by atoms with van der Waals surface area (Å²) in [4.78, 5) is 8.97. The highest BCUT2D eigenvalue weighted by atomic mass is 79.9. The maximum atomic E-state index is 6.14. The van der Waals surface area contributed by atoms with Crippen molar-refractivity contribution in [1.29, 1.82) is 0 Å². The molecule has 1 heterocycles. The molecule has 6 heteroatoms. The first-order chi connectivity index (χ1) is 10.1. The number of guanidine groups is 1. The summed E-state index contributed by atoms with van der Waals surface area (Å²) in [5, 5.41) is 0.738. The Labute approximate surface area is 140 Å². The molecule has 0 aliphatic carbocycles. The number of nitrogens with two attached hydrogens (primary N) is 1. The molecule has 1 unspecified atom stereocenters. The van der Waals surface area contributed by atoms with Crippen LogP contribution in [-0.2, 0) is 0 Å². The minimum Gasteiger partial charge on any atom is -0.370 e. The highest BCUT2D eigenvalue weighted by molar-refractivity contribution is 9.10. The van der Waals surface area contributed by atoms with E-state index in [1.54, 1.807) is 0 Å². The average Bonchev–Trinajstić information content (AvgIpc) is 2.84. The third-order valence-electron chi connectivity index (χ3n) is 3.97. The van der Waals surface area contributed by atoms with Crippen molar-refractivity contribution in [1.82, 2.24) is 9.80 Å². The van der Waals surface area contributed by atoms with Gasteiger partial charge in [0.2, 0.25) is 0 Å². The Morgan fingerprint density at radius 3 is 2.81 bits per heavy atom. The molecule has 0 saturated carbocycles.